The van der Waals surface area contributed by atoms with Crippen LogP contribution in [0.2, 0.25) is 0 Å². The van der Waals surface area contributed by atoms with Crippen molar-refractivity contribution >= 4 is 0 Å². The molecule has 0 unspecified atom stereocenters. The summed E-state index contributed by atoms with van der Waals surface area (Å²) < 4.78 is 8.50. The Morgan fingerprint density at radius 3 is 1.31 bits per heavy atom. The van der Waals surface area contributed by atoms with Crippen molar-refractivity contribution in [3.05, 3.63) is 35.9 Å². The number of ether oxygens (including phenoxy) is 2. The average molecular weight is 228 g/mol. The zero-order valence-corrected chi connectivity index (χ0v) is 11.9. The highest BCUT2D eigenvalue weighted by Crippen LogP contribution is 1.96. The third-order valence-corrected chi connectivity index (χ3v) is 1.25. The molecular weight excluding hydrogens is 200 g/mol. The van der Waals surface area contributed by atoms with Gasteiger partial charge < -0.3 is 9.47 Å². The van der Waals surface area contributed by atoms with Crippen LogP contribution in [0.4, 0.5) is 0 Å². The molecule has 96 valence electrons. The van der Waals surface area contributed by atoms with Crippen LogP contribution in [0.15, 0.2) is 30.3 Å². The normalized spacial score (nSPS) is 7.19. The SMILES string of the molecule is CC.CCc1ccccc1.COC.COC. The third-order valence-electron chi connectivity index (χ3n) is 1.25. The number of aryl methyl sites for hydroxylation is 1. The maximum absolute atomic E-state index is 4.25. The minimum Gasteiger partial charge on any atom is -0.388 e. The Labute approximate surface area is 102 Å². The number of hydrogen-bond acceptors (Lipinski definition) is 2. The summed E-state index contributed by atoms with van der Waals surface area (Å²) in [5.41, 5.74) is 1.41. The second-order valence-corrected chi connectivity index (χ2v) is 2.66. The van der Waals surface area contributed by atoms with Crippen molar-refractivity contribution in [2.24, 2.45) is 0 Å². The number of benzene rings is 1. The molecule has 0 heterocycles. The second-order valence-electron chi connectivity index (χ2n) is 2.66. The third kappa shape index (κ3) is 23.2. The molecule has 16 heavy (non-hydrogen) atoms. The summed E-state index contributed by atoms with van der Waals surface area (Å²) in [5.74, 6) is 0. The van der Waals surface area contributed by atoms with Gasteiger partial charge in [-0.1, -0.05) is 51.1 Å². The van der Waals surface area contributed by atoms with Crippen LogP contribution in [-0.2, 0) is 15.9 Å². The zero-order valence-electron chi connectivity index (χ0n) is 11.9. The van der Waals surface area contributed by atoms with Crippen LogP contribution in [-0.4, -0.2) is 28.4 Å². The zero-order chi connectivity index (χ0) is 13.2. The quantitative estimate of drug-likeness (QED) is 0.728. The molecule has 2 nitrogen and oxygen atoms in total. The van der Waals surface area contributed by atoms with Crippen molar-refractivity contribution in [2.45, 2.75) is 27.2 Å². The first-order valence-corrected chi connectivity index (χ1v) is 5.60. The number of methoxy groups -OCH3 is 2. The molecule has 0 radical (unpaired) electrons. The molecule has 1 rings (SSSR count). The van der Waals surface area contributed by atoms with Gasteiger partial charge in [0.05, 0.1) is 0 Å². The summed E-state index contributed by atoms with van der Waals surface area (Å²) in [6.07, 6.45) is 1.14. The van der Waals surface area contributed by atoms with Crippen molar-refractivity contribution in [3.63, 3.8) is 0 Å². The summed E-state index contributed by atoms with van der Waals surface area (Å²) in [4.78, 5) is 0. The van der Waals surface area contributed by atoms with E-state index in [2.05, 4.69) is 40.7 Å². The van der Waals surface area contributed by atoms with E-state index in [1.807, 2.05) is 19.9 Å². The first-order chi connectivity index (χ1) is 7.76. The van der Waals surface area contributed by atoms with Gasteiger partial charge >= 0.3 is 0 Å². The van der Waals surface area contributed by atoms with Crippen molar-refractivity contribution in [1.82, 2.24) is 0 Å². The molecule has 0 saturated heterocycles. The molecule has 0 fully saturated rings. The summed E-state index contributed by atoms with van der Waals surface area (Å²) >= 11 is 0. The Hall–Kier alpha value is -0.860. The molecule has 0 aliphatic heterocycles. The molecular formula is C14H28O2. The minimum atomic E-state index is 1.14. The van der Waals surface area contributed by atoms with Crippen molar-refractivity contribution in [1.29, 1.82) is 0 Å². The van der Waals surface area contributed by atoms with E-state index < -0.39 is 0 Å². The Balaban J connectivity index is -0.000000179. The maximum atomic E-state index is 4.25. The van der Waals surface area contributed by atoms with Crippen molar-refractivity contribution < 1.29 is 9.47 Å². The lowest BCUT2D eigenvalue weighted by atomic mass is 10.2. The molecule has 1 aromatic rings. The molecule has 2 heteroatoms. The second kappa shape index (κ2) is 23.7. The number of hydrogen-bond donors (Lipinski definition) is 0. The average Bonchev–Trinajstić information content (AvgIpc) is 2.35. The fourth-order valence-corrected chi connectivity index (χ4v) is 0.714. The summed E-state index contributed by atoms with van der Waals surface area (Å²) in [6.45, 7) is 6.16. The molecule has 0 spiro atoms. The molecule has 0 saturated carbocycles. The van der Waals surface area contributed by atoms with Gasteiger partial charge in [0.1, 0.15) is 0 Å². The van der Waals surface area contributed by atoms with Crippen LogP contribution >= 0.6 is 0 Å². The van der Waals surface area contributed by atoms with E-state index in [1.165, 1.54) is 5.56 Å². The van der Waals surface area contributed by atoms with Crippen molar-refractivity contribution in [3.8, 4) is 0 Å². The lowest BCUT2D eigenvalue weighted by Gasteiger charge is -1.89. The van der Waals surface area contributed by atoms with E-state index in [1.54, 1.807) is 28.4 Å². The van der Waals surface area contributed by atoms with Crippen molar-refractivity contribution in [2.75, 3.05) is 28.4 Å². The monoisotopic (exact) mass is 228 g/mol. The van der Waals surface area contributed by atoms with Gasteiger partial charge in [-0.15, -0.1) is 0 Å². The molecule has 0 aliphatic carbocycles. The van der Waals surface area contributed by atoms with E-state index in [-0.39, 0.29) is 0 Å². The van der Waals surface area contributed by atoms with E-state index in [0.717, 1.165) is 6.42 Å². The van der Waals surface area contributed by atoms with Gasteiger partial charge in [-0.05, 0) is 12.0 Å². The molecule has 0 aromatic heterocycles. The summed E-state index contributed by atoms with van der Waals surface area (Å²) in [7, 11) is 6.50. The van der Waals surface area contributed by atoms with Gasteiger partial charge in [-0.25, -0.2) is 0 Å². The number of rotatable bonds is 1. The van der Waals surface area contributed by atoms with Crippen LogP contribution in [0.25, 0.3) is 0 Å². The molecule has 0 N–H and O–H groups in total. The highest BCUT2D eigenvalue weighted by Gasteiger charge is 1.79. The van der Waals surface area contributed by atoms with Crippen LogP contribution in [0.1, 0.15) is 26.3 Å². The van der Waals surface area contributed by atoms with E-state index >= 15 is 0 Å². The Morgan fingerprint density at radius 2 is 1.12 bits per heavy atom. The lowest BCUT2D eigenvalue weighted by molar-refractivity contribution is 0.277. The Morgan fingerprint density at radius 1 is 0.812 bits per heavy atom. The van der Waals surface area contributed by atoms with Gasteiger partial charge in [0.25, 0.3) is 0 Å². The maximum Gasteiger partial charge on any atom is 0.0351 e. The predicted molar refractivity (Wildman–Crippen MR) is 73.0 cm³/mol. The topological polar surface area (TPSA) is 18.5 Å². The summed E-state index contributed by atoms with van der Waals surface area (Å²) in [6, 6.07) is 10.5. The standard InChI is InChI=1S/C8H10.2C2H6O.C2H6/c1-2-8-6-4-3-5-7-8;2*1-3-2;1-2/h3-7H,2H2,1H3;2*1-2H3;1-2H3. The van der Waals surface area contributed by atoms with Gasteiger partial charge in [0.15, 0.2) is 0 Å². The van der Waals surface area contributed by atoms with E-state index in [0.29, 0.717) is 0 Å². The van der Waals surface area contributed by atoms with Gasteiger partial charge in [-0.2, -0.15) is 0 Å². The van der Waals surface area contributed by atoms with Gasteiger partial charge in [0.2, 0.25) is 0 Å². The highest BCUT2D eigenvalue weighted by molar-refractivity contribution is 5.13. The van der Waals surface area contributed by atoms with Gasteiger partial charge in [0, 0.05) is 28.4 Å². The fraction of sp³-hybridized carbons (Fsp3) is 0.571. The fourth-order valence-electron chi connectivity index (χ4n) is 0.714. The van der Waals surface area contributed by atoms with Crippen LogP contribution in [0, 0.1) is 0 Å². The first kappa shape index (κ1) is 20.5. The Kier molecular flexibility index (Phi) is 30.5. The first-order valence-electron chi connectivity index (χ1n) is 5.60. The van der Waals surface area contributed by atoms with Crippen LogP contribution < -0.4 is 0 Å². The molecule has 0 bridgehead atoms. The van der Waals surface area contributed by atoms with E-state index in [4.69, 9.17) is 0 Å². The molecule has 1 aromatic carbocycles. The van der Waals surface area contributed by atoms with Crippen LogP contribution in [0.5, 0.6) is 0 Å². The predicted octanol–water partition coefficient (Wildman–Crippen LogP) is 3.80. The molecule has 0 atom stereocenters. The van der Waals surface area contributed by atoms with Gasteiger partial charge in [-0.3, -0.25) is 0 Å². The molecule has 0 aliphatic rings. The minimum absolute atomic E-state index is 1.14. The highest BCUT2D eigenvalue weighted by atomic mass is 16.5. The lowest BCUT2D eigenvalue weighted by Crippen LogP contribution is -1.73. The van der Waals surface area contributed by atoms with E-state index in [9.17, 15) is 0 Å². The summed E-state index contributed by atoms with van der Waals surface area (Å²) in [5, 5.41) is 0. The molecule has 0 amide bonds. The largest absolute Gasteiger partial charge is 0.388 e. The van der Waals surface area contributed by atoms with Crippen LogP contribution in [0.3, 0.4) is 0 Å². The smallest absolute Gasteiger partial charge is 0.0351 e. The Bertz CT molecular complexity index is 171.